The quantitative estimate of drug-likeness (QED) is 0.387. The van der Waals surface area contributed by atoms with Crippen LogP contribution in [0, 0.1) is 10.1 Å². The Hall–Kier alpha value is -2.75. The van der Waals surface area contributed by atoms with E-state index < -0.39 is 4.92 Å². The number of aromatic nitrogens is 3. The average Bonchev–Trinajstić information content (AvgIpc) is 2.88. The Morgan fingerprint density at radius 3 is 3.00 bits per heavy atom. The van der Waals surface area contributed by atoms with Gasteiger partial charge in [0.25, 0.3) is 0 Å². The summed E-state index contributed by atoms with van der Waals surface area (Å²) in [6.45, 7) is 0.210. The number of nitrogens with two attached hydrogens (primary N) is 1. The molecule has 0 atom stereocenters. The van der Waals surface area contributed by atoms with Crippen molar-refractivity contribution >= 4 is 17.5 Å². The highest BCUT2D eigenvalue weighted by Gasteiger charge is 2.17. The Morgan fingerprint density at radius 2 is 2.39 bits per heavy atom. The molecular formula is C8H9N7O3. The number of nitrogen functional groups attached to an aromatic ring is 1. The van der Waals surface area contributed by atoms with Crippen molar-refractivity contribution in [3.8, 4) is 0 Å². The zero-order chi connectivity index (χ0) is 13.0. The molecule has 0 amide bonds. The molecule has 10 heteroatoms. The number of anilines is 2. The largest absolute Gasteiger partial charge is 0.360 e. The van der Waals surface area contributed by atoms with Crippen LogP contribution in [0.25, 0.3) is 0 Å². The van der Waals surface area contributed by atoms with E-state index in [4.69, 9.17) is 10.4 Å². The van der Waals surface area contributed by atoms with Crippen LogP contribution in [0.5, 0.6) is 0 Å². The highest BCUT2D eigenvalue weighted by molar-refractivity contribution is 5.56. The van der Waals surface area contributed by atoms with Gasteiger partial charge in [0, 0.05) is 6.07 Å². The van der Waals surface area contributed by atoms with Gasteiger partial charge in [-0.2, -0.15) is 4.98 Å². The number of nitrogens with zero attached hydrogens (tertiary/aromatic N) is 4. The molecule has 0 aromatic carbocycles. The fraction of sp³-hybridized carbons (Fsp3) is 0.125. The van der Waals surface area contributed by atoms with Gasteiger partial charge in [0.1, 0.15) is 6.20 Å². The van der Waals surface area contributed by atoms with E-state index in [9.17, 15) is 10.1 Å². The molecule has 2 aromatic rings. The van der Waals surface area contributed by atoms with E-state index in [0.29, 0.717) is 5.76 Å². The summed E-state index contributed by atoms with van der Waals surface area (Å²) in [4.78, 5) is 17.7. The molecule has 18 heavy (non-hydrogen) atoms. The van der Waals surface area contributed by atoms with Gasteiger partial charge < -0.3 is 9.84 Å². The van der Waals surface area contributed by atoms with Gasteiger partial charge in [-0.15, -0.1) is 0 Å². The third-order valence-electron chi connectivity index (χ3n) is 2.02. The highest BCUT2D eigenvalue weighted by atomic mass is 16.6. The van der Waals surface area contributed by atoms with Gasteiger partial charge in [-0.25, -0.2) is 10.8 Å². The van der Waals surface area contributed by atoms with Gasteiger partial charge in [-0.05, 0) is 0 Å². The van der Waals surface area contributed by atoms with Crippen LogP contribution in [0.2, 0.25) is 0 Å². The van der Waals surface area contributed by atoms with Gasteiger partial charge in [0.05, 0.1) is 17.7 Å². The summed E-state index contributed by atoms with van der Waals surface area (Å²) in [6.07, 6.45) is 2.53. The van der Waals surface area contributed by atoms with Gasteiger partial charge in [-0.1, -0.05) is 5.16 Å². The topological polar surface area (TPSA) is 145 Å². The third kappa shape index (κ3) is 2.49. The molecular weight excluding hydrogens is 242 g/mol. The summed E-state index contributed by atoms with van der Waals surface area (Å²) in [5.41, 5.74) is 1.95. The lowest BCUT2D eigenvalue weighted by molar-refractivity contribution is -0.384. The Morgan fingerprint density at radius 1 is 1.56 bits per heavy atom. The lowest BCUT2D eigenvalue weighted by atomic mass is 10.4. The molecule has 2 rings (SSSR count). The summed E-state index contributed by atoms with van der Waals surface area (Å²) in [7, 11) is 0. The van der Waals surface area contributed by atoms with Crippen LogP contribution in [0.4, 0.5) is 17.5 Å². The second-order valence-corrected chi connectivity index (χ2v) is 3.16. The van der Waals surface area contributed by atoms with Gasteiger partial charge in [0.2, 0.25) is 11.8 Å². The van der Waals surface area contributed by atoms with Crippen molar-refractivity contribution in [1.29, 1.82) is 0 Å². The molecule has 2 aromatic heterocycles. The summed E-state index contributed by atoms with van der Waals surface area (Å²) in [6, 6.07) is 1.63. The van der Waals surface area contributed by atoms with Crippen LogP contribution < -0.4 is 16.6 Å². The van der Waals surface area contributed by atoms with Crippen LogP contribution in [0.3, 0.4) is 0 Å². The van der Waals surface area contributed by atoms with Crippen LogP contribution >= 0.6 is 0 Å². The van der Waals surface area contributed by atoms with Gasteiger partial charge in [0.15, 0.2) is 5.76 Å². The minimum atomic E-state index is -0.594. The van der Waals surface area contributed by atoms with Gasteiger partial charge >= 0.3 is 5.69 Å². The minimum absolute atomic E-state index is 0.0411. The van der Waals surface area contributed by atoms with Crippen molar-refractivity contribution in [2.45, 2.75) is 6.54 Å². The SMILES string of the molecule is NNc1ncc([N+](=O)[O-])c(NCc2ccno2)n1. The van der Waals surface area contributed by atoms with E-state index in [1.165, 1.54) is 6.20 Å². The molecule has 0 aliphatic rings. The van der Waals surface area contributed by atoms with E-state index in [1.807, 2.05) is 0 Å². The van der Waals surface area contributed by atoms with Crippen molar-refractivity contribution in [3.63, 3.8) is 0 Å². The number of hydrogen-bond donors (Lipinski definition) is 3. The second kappa shape index (κ2) is 5.05. The van der Waals surface area contributed by atoms with Gasteiger partial charge in [-0.3, -0.25) is 15.5 Å². The number of hydrogen-bond acceptors (Lipinski definition) is 9. The predicted octanol–water partition coefficient (Wildman–Crippen LogP) is 0.270. The van der Waals surface area contributed by atoms with E-state index >= 15 is 0 Å². The molecule has 4 N–H and O–H groups in total. The first kappa shape index (κ1) is 11.7. The van der Waals surface area contributed by atoms with Crippen LogP contribution in [-0.2, 0) is 6.54 Å². The maximum Gasteiger partial charge on any atom is 0.329 e. The van der Waals surface area contributed by atoms with Crippen molar-refractivity contribution in [1.82, 2.24) is 15.1 Å². The monoisotopic (exact) mass is 251 g/mol. The van der Waals surface area contributed by atoms with Crippen LogP contribution in [-0.4, -0.2) is 20.0 Å². The smallest absolute Gasteiger partial charge is 0.329 e. The highest BCUT2D eigenvalue weighted by Crippen LogP contribution is 2.22. The third-order valence-corrected chi connectivity index (χ3v) is 2.02. The number of hydrazine groups is 1. The Bertz CT molecular complexity index is 542. The summed E-state index contributed by atoms with van der Waals surface area (Å²) < 4.78 is 4.85. The molecule has 0 saturated heterocycles. The molecule has 0 unspecified atom stereocenters. The lowest BCUT2D eigenvalue weighted by Gasteiger charge is -2.05. The molecule has 0 fully saturated rings. The summed E-state index contributed by atoms with van der Waals surface area (Å²) in [5, 5.41) is 17.0. The van der Waals surface area contributed by atoms with E-state index in [2.05, 4.69) is 25.9 Å². The first-order valence-corrected chi connectivity index (χ1v) is 4.82. The summed E-state index contributed by atoms with van der Waals surface area (Å²) >= 11 is 0. The average molecular weight is 251 g/mol. The summed E-state index contributed by atoms with van der Waals surface area (Å²) in [5.74, 6) is 5.76. The first-order valence-electron chi connectivity index (χ1n) is 4.82. The molecule has 0 bridgehead atoms. The van der Waals surface area contributed by atoms with E-state index in [-0.39, 0.29) is 24.0 Å². The molecule has 94 valence electrons. The van der Waals surface area contributed by atoms with Crippen molar-refractivity contribution in [2.75, 3.05) is 10.7 Å². The van der Waals surface area contributed by atoms with Crippen molar-refractivity contribution in [3.05, 3.63) is 34.3 Å². The molecule has 0 spiro atoms. The van der Waals surface area contributed by atoms with Crippen LogP contribution in [0.15, 0.2) is 23.0 Å². The molecule has 2 heterocycles. The normalized spacial score (nSPS) is 10.1. The van der Waals surface area contributed by atoms with E-state index in [0.717, 1.165) is 6.20 Å². The fourth-order valence-corrected chi connectivity index (χ4v) is 1.21. The molecule has 0 saturated carbocycles. The Labute approximate surface area is 100 Å². The number of nitro groups is 1. The molecule has 10 nitrogen and oxygen atoms in total. The Balaban J connectivity index is 2.20. The lowest BCUT2D eigenvalue weighted by Crippen LogP contribution is -2.13. The van der Waals surface area contributed by atoms with Crippen molar-refractivity contribution in [2.24, 2.45) is 5.84 Å². The second-order valence-electron chi connectivity index (χ2n) is 3.16. The fourth-order valence-electron chi connectivity index (χ4n) is 1.21. The van der Waals surface area contributed by atoms with Crippen LogP contribution in [0.1, 0.15) is 5.76 Å². The molecule has 0 aliphatic heterocycles. The predicted molar refractivity (Wildman–Crippen MR) is 60.3 cm³/mol. The Kier molecular flexibility index (Phi) is 3.29. The molecule has 0 radical (unpaired) electrons. The number of rotatable bonds is 5. The van der Waals surface area contributed by atoms with E-state index in [1.54, 1.807) is 6.07 Å². The maximum atomic E-state index is 10.8. The number of nitrogens with one attached hydrogen (secondary N) is 2. The zero-order valence-electron chi connectivity index (χ0n) is 9.03. The maximum absolute atomic E-state index is 10.8. The first-order chi connectivity index (χ1) is 8.70. The standard InChI is InChI=1S/C8H9N7O3/c9-14-8-11-4-6(15(16)17)7(13-8)10-3-5-1-2-12-18-5/h1-2,4H,3,9H2,(H2,10,11,13,14). The van der Waals surface area contributed by atoms with Crippen molar-refractivity contribution < 1.29 is 9.45 Å². The zero-order valence-corrected chi connectivity index (χ0v) is 9.03. The molecule has 0 aliphatic carbocycles. The minimum Gasteiger partial charge on any atom is -0.360 e.